The maximum absolute atomic E-state index is 6.74. The summed E-state index contributed by atoms with van der Waals surface area (Å²) in [4.78, 5) is 2.39. The molecule has 0 amide bonds. The molecule has 2 aliphatic carbocycles. The molecule has 3 aliphatic rings. The van der Waals surface area contributed by atoms with E-state index < -0.39 is 0 Å². The van der Waals surface area contributed by atoms with Gasteiger partial charge in [-0.3, -0.25) is 0 Å². The summed E-state index contributed by atoms with van der Waals surface area (Å²) in [7, 11) is 0.793. The van der Waals surface area contributed by atoms with Crippen molar-refractivity contribution in [1.29, 1.82) is 0 Å². The van der Waals surface area contributed by atoms with E-state index in [2.05, 4.69) is 264 Å². The fraction of sp³-hybridized carbons (Fsp3) is 0.216. The van der Waals surface area contributed by atoms with Crippen molar-refractivity contribution >= 4 is 101 Å². The first-order chi connectivity index (χ1) is 38.1. The zero-order valence-electron chi connectivity index (χ0n) is 46.8. The third kappa shape index (κ3) is 7.34. The number of anilines is 5. The molecule has 5 heteroatoms. The van der Waals surface area contributed by atoms with E-state index in [0.29, 0.717) is 0 Å². The lowest BCUT2D eigenvalue weighted by Crippen LogP contribution is -2.41. The summed E-state index contributed by atoms with van der Waals surface area (Å²) in [6.45, 7) is 19.6. The van der Waals surface area contributed by atoms with Crippen molar-refractivity contribution in [2.45, 2.75) is 103 Å². The number of nitrogens with zero attached hydrogens (tertiary/aromatic N) is 2. The second kappa shape index (κ2) is 17.1. The smallest absolute Gasteiger partial charge is 0.198 e. The molecule has 0 bridgehead atoms. The predicted molar refractivity (Wildman–Crippen MR) is 338 cm³/mol. The Morgan fingerprint density at radius 3 is 1.78 bits per heavy atom. The summed E-state index contributed by atoms with van der Waals surface area (Å²) >= 11 is 0. The van der Waals surface area contributed by atoms with Crippen molar-refractivity contribution in [1.82, 2.24) is 4.57 Å². The van der Waals surface area contributed by atoms with Gasteiger partial charge in [-0.05, 0) is 181 Å². The summed E-state index contributed by atoms with van der Waals surface area (Å²) in [5, 5.41) is 11.6. The topological polar surface area (TPSA) is 33.3 Å². The molecule has 0 radical (unpaired) electrons. The molecular weight excluding hydrogens is 958 g/mol. The summed E-state index contributed by atoms with van der Waals surface area (Å²) in [5.74, 6) is 0. The number of hydrogen-bond acceptors (Lipinski definition) is 3. The Bertz CT molecular complexity index is 4460. The van der Waals surface area contributed by atoms with Gasteiger partial charge in [0, 0.05) is 66.7 Å². The molecule has 4 nitrogen and oxygen atoms in total. The minimum absolute atomic E-state index is 0.0390. The van der Waals surface area contributed by atoms with Crippen LogP contribution < -0.4 is 21.1 Å². The van der Waals surface area contributed by atoms with Crippen LogP contribution in [-0.4, -0.2) is 11.8 Å². The van der Waals surface area contributed by atoms with Crippen LogP contribution in [0.15, 0.2) is 199 Å². The minimum atomic E-state index is 0.0390. The Hall–Kier alpha value is -8.28. The number of aromatic nitrogens is 1. The molecule has 0 spiro atoms. The fourth-order valence-corrected chi connectivity index (χ4v) is 14.5. The van der Waals surface area contributed by atoms with Gasteiger partial charge in [0.1, 0.15) is 11.2 Å². The van der Waals surface area contributed by atoms with Crippen LogP contribution in [0.1, 0.15) is 103 Å². The highest BCUT2D eigenvalue weighted by Gasteiger charge is 2.41. The molecule has 0 saturated carbocycles. The zero-order valence-corrected chi connectivity index (χ0v) is 46.8. The summed E-state index contributed by atoms with van der Waals surface area (Å²) in [5.41, 5.74) is 24.6. The van der Waals surface area contributed by atoms with Gasteiger partial charge in [0.05, 0.1) is 5.52 Å². The molecule has 10 aromatic carbocycles. The first-order valence-electron chi connectivity index (χ1n) is 28.7. The Kier molecular flexibility index (Phi) is 10.4. The number of fused-ring (bicyclic) bond motifs is 12. The molecule has 0 atom stereocenters. The van der Waals surface area contributed by atoms with Crippen LogP contribution in [0.2, 0.25) is 0 Å². The summed E-state index contributed by atoms with van der Waals surface area (Å²) in [6.07, 6.45) is 4.64. The van der Waals surface area contributed by atoms with Gasteiger partial charge in [0.15, 0.2) is 7.28 Å². The highest BCUT2D eigenvalue weighted by atomic mass is 16.3. The van der Waals surface area contributed by atoms with E-state index in [4.69, 9.17) is 4.42 Å². The van der Waals surface area contributed by atoms with Crippen molar-refractivity contribution in [3.05, 3.63) is 216 Å². The fourth-order valence-electron chi connectivity index (χ4n) is 14.5. The van der Waals surface area contributed by atoms with Gasteiger partial charge >= 0.3 is 0 Å². The van der Waals surface area contributed by atoms with Gasteiger partial charge in [0.2, 0.25) is 0 Å². The minimum Gasteiger partial charge on any atom is -0.456 e. The Balaban J connectivity index is 1.08. The lowest BCUT2D eigenvalue weighted by Gasteiger charge is -2.43. The predicted octanol–water partition coefficient (Wildman–Crippen LogP) is 18.8. The zero-order chi connectivity index (χ0) is 53.7. The van der Waals surface area contributed by atoms with Gasteiger partial charge in [-0.15, -0.1) is 0 Å². The number of hydrogen-bond donors (Lipinski definition) is 1. The van der Waals surface area contributed by atoms with Crippen molar-refractivity contribution in [2.75, 3.05) is 10.2 Å². The molecule has 12 aromatic rings. The van der Waals surface area contributed by atoms with E-state index in [1.165, 1.54) is 94.6 Å². The Morgan fingerprint density at radius 2 is 1.06 bits per heavy atom. The van der Waals surface area contributed by atoms with Crippen molar-refractivity contribution in [3.63, 3.8) is 0 Å². The molecule has 1 N–H and O–H groups in total. The maximum atomic E-state index is 6.74. The molecule has 1 aliphatic heterocycles. The average Bonchev–Trinajstić information content (AvgIpc) is 3.82. The van der Waals surface area contributed by atoms with Crippen LogP contribution in [0, 0.1) is 0 Å². The van der Waals surface area contributed by atoms with E-state index >= 15 is 0 Å². The van der Waals surface area contributed by atoms with E-state index in [1.807, 2.05) is 0 Å². The van der Waals surface area contributed by atoms with Crippen LogP contribution in [-0.2, 0) is 21.7 Å². The lowest BCUT2D eigenvalue weighted by molar-refractivity contribution is 0.332. The van der Waals surface area contributed by atoms with Gasteiger partial charge < -0.3 is 19.2 Å². The summed E-state index contributed by atoms with van der Waals surface area (Å²) < 4.78 is 9.42. The third-order valence-corrected chi connectivity index (χ3v) is 19.1. The van der Waals surface area contributed by atoms with E-state index in [1.54, 1.807) is 0 Å². The van der Waals surface area contributed by atoms with Crippen LogP contribution in [0.3, 0.4) is 0 Å². The third-order valence-electron chi connectivity index (χ3n) is 19.1. The number of furan rings is 1. The molecule has 3 heterocycles. The maximum Gasteiger partial charge on any atom is 0.198 e. The second-order valence-corrected chi connectivity index (χ2v) is 25.8. The standard InChI is InChI=1S/C74H66BN3O/c1-71(2)36-37-72(3,4)57-40-46(31-34-56(57)71)76-61-41-49(77(47-21-11-9-12-22-47)48-23-13-10-14-24-48)32-33-51(61)55-42-54(52-27-19-29-65-66(52)53-26-17-18-28-64(53)79-65)68-67-50-25-16-15-20-45(50)30-35-62(67)78-63-44-59-58(43-60(63)75-69(55)70(68)78)73(5,6)38-39-74(59,7)8/h9-35,40-44,75-76H,36-39H2,1-8H3. The molecule has 0 unspecified atom stereocenters. The van der Waals surface area contributed by atoms with Gasteiger partial charge in [0.25, 0.3) is 0 Å². The van der Waals surface area contributed by atoms with Crippen molar-refractivity contribution in [3.8, 4) is 27.9 Å². The molecular formula is C74H66BN3O. The van der Waals surface area contributed by atoms with E-state index in [-0.39, 0.29) is 21.7 Å². The first kappa shape index (κ1) is 47.9. The van der Waals surface area contributed by atoms with Gasteiger partial charge in [-0.25, -0.2) is 0 Å². The van der Waals surface area contributed by atoms with E-state index in [0.717, 1.165) is 82.5 Å². The highest BCUT2D eigenvalue weighted by Crippen LogP contribution is 2.52. The van der Waals surface area contributed by atoms with Crippen molar-refractivity contribution in [2.24, 2.45) is 0 Å². The first-order valence-corrected chi connectivity index (χ1v) is 28.7. The number of rotatable bonds is 7. The quantitative estimate of drug-likeness (QED) is 0.162. The Labute approximate surface area is 465 Å². The molecule has 0 saturated heterocycles. The van der Waals surface area contributed by atoms with Crippen LogP contribution in [0.5, 0.6) is 0 Å². The molecule has 2 aromatic heterocycles. The molecule has 0 fully saturated rings. The average molecular weight is 1020 g/mol. The lowest BCUT2D eigenvalue weighted by atomic mass is 9.55. The van der Waals surface area contributed by atoms with E-state index in [9.17, 15) is 0 Å². The van der Waals surface area contributed by atoms with Crippen molar-refractivity contribution < 1.29 is 4.42 Å². The monoisotopic (exact) mass is 1020 g/mol. The number of benzene rings is 10. The molecule has 386 valence electrons. The second-order valence-electron chi connectivity index (χ2n) is 25.8. The normalized spacial score (nSPS) is 16.4. The van der Waals surface area contributed by atoms with Crippen LogP contribution in [0.25, 0.3) is 82.5 Å². The van der Waals surface area contributed by atoms with Gasteiger partial charge in [-0.1, -0.05) is 176 Å². The molecule has 15 rings (SSSR count). The summed E-state index contributed by atoms with van der Waals surface area (Å²) in [6, 6.07) is 72.8. The SMILES string of the molecule is CC1(C)CCC(C)(C)c2cc(Nc3cc(N(c4ccccc4)c4ccccc4)ccc3-c3cc(-c4cccc5oc6ccccc6c45)c4c5c6ccccc6ccc5n5c4c3Bc3cc4c(cc3-5)C(C)(C)CCC4(C)C)ccc21. The number of nitrogens with one attached hydrogen (secondary N) is 1. The number of para-hydroxylation sites is 3. The van der Waals surface area contributed by atoms with Gasteiger partial charge in [-0.2, -0.15) is 0 Å². The highest BCUT2D eigenvalue weighted by molar-refractivity contribution is 6.74. The van der Waals surface area contributed by atoms with Crippen LogP contribution >= 0.6 is 0 Å². The largest absolute Gasteiger partial charge is 0.456 e. The Morgan fingerprint density at radius 1 is 0.443 bits per heavy atom. The molecule has 79 heavy (non-hydrogen) atoms. The van der Waals surface area contributed by atoms with Crippen LogP contribution in [0.4, 0.5) is 28.4 Å².